The van der Waals surface area contributed by atoms with E-state index in [9.17, 15) is 0 Å². The van der Waals surface area contributed by atoms with Crippen LogP contribution in [0.25, 0.3) is 22.0 Å². The third-order valence-corrected chi connectivity index (χ3v) is 3.97. The molecule has 0 saturated carbocycles. The van der Waals surface area contributed by atoms with E-state index in [1.807, 2.05) is 6.20 Å². The Bertz CT molecular complexity index is 741. The average molecular weight is 275 g/mol. The summed E-state index contributed by atoms with van der Waals surface area (Å²) in [6.07, 6.45) is 5.57. The van der Waals surface area contributed by atoms with Crippen LogP contribution in [0.3, 0.4) is 0 Å². The molecule has 0 aliphatic rings. The minimum absolute atomic E-state index is 1.08. The number of benzene rings is 2. The van der Waals surface area contributed by atoms with E-state index >= 15 is 0 Å². The zero-order chi connectivity index (χ0) is 14.7. The summed E-state index contributed by atoms with van der Waals surface area (Å²) in [6.45, 7) is 4.36. The van der Waals surface area contributed by atoms with E-state index in [0.29, 0.717) is 0 Å². The number of nitrogens with zero attached hydrogens (tertiary/aromatic N) is 1. The van der Waals surface area contributed by atoms with Crippen LogP contribution in [-0.2, 0) is 6.42 Å². The number of aryl methyl sites for hydroxylation is 2. The zero-order valence-electron chi connectivity index (χ0n) is 12.8. The lowest BCUT2D eigenvalue weighted by atomic mass is 10.0. The van der Waals surface area contributed by atoms with Gasteiger partial charge in [0.05, 0.1) is 5.69 Å². The first kappa shape index (κ1) is 13.8. The topological polar surface area (TPSA) is 12.9 Å². The normalized spacial score (nSPS) is 11.0. The van der Waals surface area contributed by atoms with E-state index in [2.05, 4.69) is 67.4 Å². The Morgan fingerprint density at radius 1 is 0.952 bits per heavy atom. The summed E-state index contributed by atoms with van der Waals surface area (Å²) < 4.78 is 0. The number of pyridine rings is 1. The van der Waals surface area contributed by atoms with Crippen molar-refractivity contribution in [3.8, 4) is 11.3 Å². The van der Waals surface area contributed by atoms with Crippen molar-refractivity contribution in [3.63, 3.8) is 0 Å². The Labute approximate surface area is 126 Å². The molecule has 0 N–H and O–H groups in total. The fraction of sp³-hybridized carbons (Fsp3) is 0.250. The summed E-state index contributed by atoms with van der Waals surface area (Å²) in [5, 5.41) is 2.49. The zero-order valence-corrected chi connectivity index (χ0v) is 12.8. The lowest BCUT2D eigenvalue weighted by molar-refractivity contribution is 0.795. The Kier molecular flexibility index (Phi) is 4.01. The summed E-state index contributed by atoms with van der Waals surface area (Å²) in [4.78, 5) is 4.60. The van der Waals surface area contributed by atoms with Crippen LogP contribution in [0.4, 0.5) is 0 Å². The van der Waals surface area contributed by atoms with Crippen molar-refractivity contribution < 1.29 is 0 Å². The van der Waals surface area contributed by atoms with E-state index in [0.717, 1.165) is 5.69 Å². The molecule has 1 aromatic heterocycles. The van der Waals surface area contributed by atoms with Gasteiger partial charge in [-0.2, -0.15) is 0 Å². The number of hydrogen-bond donors (Lipinski definition) is 0. The van der Waals surface area contributed by atoms with Gasteiger partial charge in [0.2, 0.25) is 0 Å². The smallest absolute Gasteiger partial charge is 0.0780 e. The van der Waals surface area contributed by atoms with Gasteiger partial charge < -0.3 is 0 Å². The molecule has 0 aliphatic heterocycles. The molecule has 106 valence electrons. The first-order valence-electron chi connectivity index (χ1n) is 7.72. The van der Waals surface area contributed by atoms with Gasteiger partial charge in [0.25, 0.3) is 0 Å². The molecule has 0 fully saturated rings. The molecule has 1 heterocycles. The maximum Gasteiger partial charge on any atom is 0.0780 e. The number of rotatable bonds is 4. The highest BCUT2D eigenvalue weighted by Crippen LogP contribution is 2.27. The molecule has 0 spiro atoms. The highest BCUT2D eigenvalue weighted by molar-refractivity contribution is 5.94. The first-order valence-corrected chi connectivity index (χ1v) is 7.72. The third-order valence-electron chi connectivity index (χ3n) is 3.97. The Morgan fingerprint density at radius 2 is 1.76 bits per heavy atom. The van der Waals surface area contributed by atoms with Gasteiger partial charge in [-0.15, -0.1) is 0 Å². The quantitative estimate of drug-likeness (QED) is 0.608. The van der Waals surface area contributed by atoms with Crippen molar-refractivity contribution >= 4 is 10.8 Å². The van der Waals surface area contributed by atoms with Crippen molar-refractivity contribution in [2.45, 2.75) is 33.1 Å². The van der Waals surface area contributed by atoms with Crippen LogP contribution in [0.15, 0.2) is 54.7 Å². The number of hydrogen-bond acceptors (Lipinski definition) is 1. The second kappa shape index (κ2) is 6.09. The maximum atomic E-state index is 4.60. The van der Waals surface area contributed by atoms with Crippen molar-refractivity contribution in [2.75, 3.05) is 0 Å². The van der Waals surface area contributed by atoms with Crippen molar-refractivity contribution in [3.05, 3.63) is 65.9 Å². The predicted octanol–water partition coefficient (Wildman–Crippen LogP) is 5.55. The number of unbranched alkanes of at least 4 members (excludes halogenated alkanes) is 1. The van der Waals surface area contributed by atoms with Gasteiger partial charge in [0, 0.05) is 17.1 Å². The average Bonchev–Trinajstić information content (AvgIpc) is 2.52. The van der Waals surface area contributed by atoms with E-state index in [4.69, 9.17) is 0 Å². The molecule has 21 heavy (non-hydrogen) atoms. The molecular formula is C20H21N. The van der Waals surface area contributed by atoms with Crippen LogP contribution in [-0.4, -0.2) is 4.98 Å². The Morgan fingerprint density at radius 3 is 2.52 bits per heavy atom. The van der Waals surface area contributed by atoms with Gasteiger partial charge >= 0.3 is 0 Å². The molecular weight excluding hydrogens is 254 g/mol. The summed E-state index contributed by atoms with van der Waals surface area (Å²) in [5.41, 5.74) is 4.98. The molecule has 3 aromatic rings. The highest BCUT2D eigenvalue weighted by atomic mass is 14.7. The van der Waals surface area contributed by atoms with Crippen molar-refractivity contribution in [1.82, 2.24) is 4.98 Å². The molecule has 3 rings (SSSR count). The summed E-state index contributed by atoms with van der Waals surface area (Å²) in [5.74, 6) is 0. The largest absolute Gasteiger partial charge is 0.256 e. The van der Waals surface area contributed by atoms with Gasteiger partial charge in [-0.05, 0) is 36.8 Å². The molecule has 2 aromatic carbocycles. The van der Waals surface area contributed by atoms with Crippen LogP contribution < -0.4 is 0 Å². The van der Waals surface area contributed by atoms with E-state index < -0.39 is 0 Å². The van der Waals surface area contributed by atoms with Crippen LogP contribution in [0, 0.1) is 6.92 Å². The van der Waals surface area contributed by atoms with Gasteiger partial charge in [-0.1, -0.05) is 61.4 Å². The van der Waals surface area contributed by atoms with Gasteiger partial charge in [-0.25, -0.2) is 0 Å². The number of fused-ring (bicyclic) bond motifs is 1. The summed E-state index contributed by atoms with van der Waals surface area (Å²) in [6, 6.07) is 17.5. The van der Waals surface area contributed by atoms with E-state index in [1.54, 1.807) is 0 Å². The van der Waals surface area contributed by atoms with Gasteiger partial charge in [0.1, 0.15) is 0 Å². The van der Waals surface area contributed by atoms with E-state index in [-0.39, 0.29) is 0 Å². The fourth-order valence-corrected chi connectivity index (χ4v) is 2.74. The molecule has 1 nitrogen and oxygen atoms in total. The molecule has 0 atom stereocenters. The summed E-state index contributed by atoms with van der Waals surface area (Å²) >= 11 is 0. The molecule has 0 radical (unpaired) electrons. The van der Waals surface area contributed by atoms with Gasteiger partial charge in [-0.3, -0.25) is 4.98 Å². The lowest BCUT2D eigenvalue weighted by Gasteiger charge is -2.08. The maximum absolute atomic E-state index is 4.60. The van der Waals surface area contributed by atoms with Crippen LogP contribution >= 0.6 is 0 Å². The Hall–Kier alpha value is -2.15. The Balaban J connectivity index is 2.00. The van der Waals surface area contributed by atoms with Gasteiger partial charge in [0.15, 0.2) is 0 Å². The molecule has 0 unspecified atom stereocenters. The van der Waals surface area contributed by atoms with Crippen LogP contribution in [0.1, 0.15) is 30.9 Å². The van der Waals surface area contributed by atoms with Crippen LogP contribution in [0.5, 0.6) is 0 Å². The number of aromatic nitrogens is 1. The molecule has 0 bridgehead atoms. The minimum atomic E-state index is 1.08. The second-order valence-corrected chi connectivity index (χ2v) is 5.68. The molecule has 0 aliphatic carbocycles. The second-order valence-electron chi connectivity index (χ2n) is 5.68. The summed E-state index contributed by atoms with van der Waals surface area (Å²) in [7, 11) is 0. The fourth-order valence-electron chi connectivity index (χ4n) is 2.74. The standard InChI is InChI=1S/C20H21N/c1-3-4-5-16-7-9-17(10-8-16)20-19-11-6-15(2)14-18(19)12-13-21-20/h6-14H,3-5H2,1-2H3. The predicted molar refractivity (Wildman–Crippen MR) is 90.5 cm³/mol. The molecule has 1 heteroatoms. The monoisotopic (exact) mass is 275 g/mol. The molecule has 0 saturated heterocycles. The molecule has 0 amide bonds. The van der Waals surface area contributed by atoms with Crippen molar-refractivity contribution in [1.29, 1.82) is 0 Å². The SMILES string of the molecule is CCCCc1ccc(-c2nccc3cc(C)ccc23)cc1. The van der Waals surface area contributed by atoms with Crippen LogP contribution in [0.2, 0.25) is 0 Å². The lowest BCUT2D eigenvalue weighted by Crippen LogP contribution is -1.88. The van der Waals surface area contributed by atoms with Crippen molar-refractivity contribution in [2.24, 2.45) is 0 Å². The first-order chi connectivity index (χ1) is 10.3. The third kappa shape index (κ3) is 2.97. The van der Waals surface area contributed by atoms with E-state index in [1.165, 1.54) is 46.7 Å². The highest BCUT2D eigenvalue weighted by Gasteiger charge is 2.05. The minimum Gasteiger partial charge on any atom is -0.256 e.